The molecule has 0 amide bonds. The molecule has 3 aromatic rings. The quantitative estimate of drug-likeness (QED) is 0.388. The van der Waals surface area contributed by atoms with Gasteiger partial charge in [-0.15, -0.1) is 0 Å². The van der Waals surface area contributed by atoms with Gasteiger partial charge in [-0.2, -0.15) is 0 Å². The van der Waals surface area contributed by atoms with E-state index >= 15 is 0 Å². The number of fused-ring (bicyclic) bond motifs is 2. The highest BCUT2D eigenvalue weighted by Gasteiger charge is 2.31. The number of nitro benzene ring substituents is 1. The number of carbonyl (C=O) groups is 1. The molecule has 0 saturated carbocycles. The van der Waals surface area contributed by atoms with Gasteiger partial charge >= 0.3 is 0 Å². The summed E-state index contributed by atoms with van der Waals surface area (Å²) >= 11 is 0. The SMILES string of the molecule is Cc1cc2cccc3c2c(c1[N+](=O)[O-])-c1ccccc1C3=O. The fraction of sp³-hybridized carbons (Fsp3) is 0.0556. The lowest BCUT2D eigenvalue weighted by molar-refractivity contribution is -0.384. The molecular weight excluding hydrogens is 278 g/mol. The van der Waals surface area contributed by atoms with Crippen molar-refractivity contribution in [3.8, 4) is 11.1 Å². The largest absolute Gasteiger partial charge is 0.289 e. The van der Waals surface area contributed by atoms with Crippen LogP contribution in [0.2, 0.25) is 0 Å². The van der Waals surface area contributed by atoms with Gasteiger partial charge in [0.05, 0.1) is 10.5 Å². The summed E-state index contributed by atoms with van der Waals surface area (Å²) in [5, 5.41) is 13.1. The maximum atomic E-state index is 12.7. The Balaban J connectivity index is 2.33. The minimum atomic E-state index is -0.354. The number of hydrogen-bond acceptors (Lipinski definition) is 3. The molecule has 1 aliphatic rings. The molecule has 1 aliphatic carbocycles. The molecule has 4 nitrogen and oxygen atoms in total. The zero-order valence-electron chi connectivity index (χ0n) is 11.8. The first-order valence-electron chi connectivity index (χ1n) is 6.94. The molecule has 0 aliphatic heterocycles. The summed E-state index contributed by atoms with van der Waals surface area (Å²) in [6.07, 6.45) is 0. The van der Waals surface area contributed by atoms with E-state index in [0.717, 1.165) is 5.39 Å². The van der Waals surface area contributed by atoms with E-state index in [1.54, 1.807) is 43.3 Å². The predicted molar refractivity (Wildman–Crippen MR) is 84.2 cm³/mol. The lowest BCUT2D eigenvalue weighted by atomic mass is 9.81. The molecule has 4 heteroatoms. The maximum absolute atomic E-state index is 12.7. The molecule has 22 heavy (non-hydrogen) atoms. The van der Waals surface area contributed by atoms with Crippen LogP contribution in [0.15, 0.2) is 48.5 Å². The van der Waals surface area contributed by atoms with Crippen molar-refractivity contribution >= 4 is 22.2 Å². The highest BCUT2D eigenvalue weighted by molar-refractivity contribution is 6.27. The fourth-order valence-electron chi connectivity index (χ4n) is 3.32. The highest BCUT2D eigenvalue weighted by Crippen LogP contribution is 2.45. The van der Waals surface area contributed by atoms with E-state index in [2.05, 4.69) is 0 Å². The number of carbonyl (C=O) groups excluding carboxylic acids is 1. The summed E-state index contributed by atoms with van der Waals surface area (Å²) in [6.45, 7) is 1.74. The Morgan fingerprint density at radius 3 is 2.36 bits per heavy atom. The van der Waals surface area contributed by atoms with Crippen LogP contribution in [0.3, 0.4) is 0 Å². The lowest BCUT2D eigenvalue weighted by Crippen LogP contribution is -2.11. The predicted octanol–water partition coefficient (Wildman–Crippen LogP) is 4.27. The number of aryl methyl sites for hydroxylation is 1. The van der Waals surface area contributed by atoms with Crippen LogP contribution in [0.4, 0.5) is 5.69 Å². The van der Waals surface area contributed by atoms with Crippen molar-refractivity contribution in [2.45, 2.75) is 6.92 Å². The monoisotopic (exact) mass is 289 g/mol. The van der Waals surface area contributed by atoms with Crippen molar-refractivity contribution in [2.24, 2.45) is 0 Å². The minimum absolute atomic E-state index is 0.0770. The molecule has 0 N–H and O–H groups in total. The second-order valence-corrected chi connectivity index (χ2v) is 5.45. The summed E-state index contributed by atoms with van der Waals surface area (Å²) in [5.41, 5.74) is 2.96. The number of benzene rings is 3. The van der Waals surface area contributed by atoms with E-state index in [1.807, 2.05) is 12.1 Å². The second-order valence-electron chi connectivity index (χ2n) is 5.45. The van der Waals surface area contributed by atoms with Gasteiger partial charge in [-0.25, -0.2) is 0 Å². The van der Waals surface area contributed by atoms with E-state index in [1.165, 1.54) is 0 Å². The van der Waals surface area contributed by atoms with Gasteiger partial charge in [0.2, 0.25) is 0 Å². The molecule has 3 aromatic carbocycles. The zero-order chi connectivity index (χ0) is 15.4. The maximum Gasteiger partial charge on any atom is 0.280 e. The molecule has 0 heterocycles. The second kappa shape index (κ2) is 4.24. The number of ketones is 1. The summed E-state index contributed by atoms with van der Waals surface area (Å²) in [5.74, 6) is -0.0770. The Bertz CT molecular complexity index is 989. The van der Waals surface area contributed by atoms with Gasteiger partial charge < -0.3 is 0 Å². The van der Waals surface area contributed by atoms with Crippen LogP contribution in [0, 0.1) is 17.0 Å². The fourth-order valence-corrected chi connectivity index (χ4v) is 3.32. The summed E-state index contributed by atoms with van der Waals surface area (Å²) < 4.78 is 0. The van der Waals surface area contributed by atoms with Crippen molar-refractivity contribution < 1.29 is 9.72 Å². The van der Waals surface area contributed by atoms with Crippen LogP contribution in [0.25, 0.3) is 21.9 Å². The van der Waals surface area contributed by atoms with Crippen LogP contribution in [-0.4, -0.2) is 10.7 Å². The third-order valence-corrected chi connectivity index (χ3v) is 4.20. The minimum Gasteiger partial charge on any atom is -0.289 e. The molecule has 0 fully saturated rings. The Morgan fingerprint density at radius 1 is 0.955 bits per heavy atom. The molecule has 0 saturated heterocycles. The average molecular weight is 289 g/mol. The van der Waals surface area contributed by atoms with Gasteiger partial charge in [0.1, 0.15) is 0 Å². The molecule has 0 atom stereocenters. The Hall–Kier alpha value is -3.01. The lowest BCUT2D eigenvalue weighted by Gasteiger charge is -2.20. The molecule has 0 aromatic heterocycles. The normalized spacial score (nSPS) is 12.3. The summed E-state index contributed by atoms with van der Waals surface area (Å²) in [6, 6.07) is 14.3. The number of nitro groups is 1. The van der Waals surface area contributed by atoms with Gasteiger partial charge in [0, 0.05) is 27.6 Å². The van der Waals surface area contributed by atoms with E-state index in [9.17, 15) is 14.9 Å². The van der Waals surface area contributed by atoms with Crippen LogP contribution in [0.1, 0.15) is 21.5 Å². The van der Waals surface area contributed by atoms with Crippen molar-refractivity contribution in [3.05, 3.63) is 75.3 Å². The van der Waals surface area contributed by atoms with E-state index in [0.29, 0.717) is 33.2 Å². The van der Waals surface area contributed by atoms with Crippen molar-refractivity contribution in [3.63, 3.8) is 0 Å². The van der Waals surface area contributed by atoms with Gasteiger partial charge in [-0.05, 0) is 18.4 Å². The van der Waals surface area contributed by atoms with E-state index in [4.69, 9.17) is 0 Å². The third kappa shape index (κ3) is 1.49. The van der Waals surface area contributed by atoms with Gasteiger partial charge in [0.15, 0.2) is 5.78 Å². The average Bonchev–Trinajstić information content (AvgIpc) is 2.51. The molecule has 106 valence electrons. The smallest absolute Gasteiger partial charge is 0.280 e. The van der Waals surface area contributed by atoms with Gasteiger partial charge in [-0.3, -0.25) is 14.9 Å². The highest BCUT2D eigenvalue weighted by atomic mass is 16.6. The van der Waals surface area contributed by atoms with Gasteiger partial charge in [-0.1, -0.05) is 42.5 Å². The summed E-state index contributed by atoms with van der Waals surface area (Å²) in [7, 11) is 0. The van der Waals surface area contributed by atoms with Crippen molar-refractivity contribution in [2.75, 3.05) is 0 Å². The number of hydrogen-bond donors (Lipinski definition) is 0. The molecule has 0 unspecified atom stereocenters. The Morgan fingerprint density at radius 2 is 1.64 bits per heavy atom. The van der Waals surface area contributed by atoms with Crippen LogP contribution >= 0.6 is 0 Å². The Labute approximate surface area is 126 Å². The first kappa shape index (κ1) is 12.7. The van der Waals surface area contributed by atoms with Gasteiger partial charge in [0.25, 0.3) is 5.69 Å². The third-order valence-electron chi connectivity index (χ3n) is 4.20. The van der Waals surface area contributed by atoms with Crippen LogP contribution in [-0.2, 0) is 0 Å². The Kier molecular flexibility index (Phi) is 2.45. The number of rotatable bonds is 1. The molecule has 0 spiro atoms. The molecule has 4 rings (SSSR count). The number of nitrogens with zero attached hydrogens (tertiary/aromatic N) is 1. The zero-order valence-corrected chi connectivity index (χ0v) is 11.8. The first-order chi connectivity index (χ1) is 10.6. The molecule has 0 bridgehead atoms. The summed E-state index contributed by atoms with van der Waals surface area (Å²) in [4.78, 5) is 23.9. The first-order valence-corrected chi connectivity index (χ1v) is 6.94. The standard InChI is InChI=1S/C18H11NO3/c1-10-9-11-5-4-8-14-15(11)16(17(10)19(21)22)12-6-2-3-7-13(12)18(14)20/h2-9H,1H3. The topological polar surface area (TPSA) is 60.2 Å². The van der Waals surface area contributed by atoms with Crippen LogP contribution < -0.4 is 0 Å². The van der Waals surface area contributed by atoms with Crippen molar-refractivity contribution in [1.29, 1.82) is 0 Å². The van der Waals surface area contributed by atoms with Crippen molar-refractivity contribution in [1.82, 2.24) is 0 Å². The molecule has 0 radical (unpaired) electrons. The van der Waals surface area contributed by atoms with Crippen LogP contribution in [0.5, 0.6) is 0 Å². The van der Waals surface area contributed by atoms with E-state index in [-0.39, 0.29) is 16.4 Å². The molecular formula is C18H11NO3. The van der Waals surface area contributed by atoms with E-state index < -0.39 is 0 Å².